The molecule has 70 valence electrons. The minimum Gasteiger partial charge on any atom is -0.324 e. The highest BCUT2D eigenvalue weighted by Gasteiger charge is 2.30. The Labute approximate surface area is 87.5 Å². The zero-order valence-electron chi connectivity index (χ0n) is 7.76. The predicted octanol–water partition coefficient (Wildman–Crippen LogP) is 3.17. The fraction of sp³-hybridized carbons (Fsp3) is 0.455. The van der Waals surface area contributed by atoms with Crippen molar-refractivity contribution in [3.63, 3.8) is 0 Å². The van der Waals surface area contributed by atoms with Gasteiger partial charge in [0.15, 0.2) is 0 Å². The van der Waals surface area contributed by atoms with Crippen molar-refractivity contribution in [2.24, 2.45) is 11.7 Å². The monoisotopic (exact) mass is 239 g/mol. The first-order valence-electron chi connectivity index (χ1n) is 4.70. The average Bonchev–Trinajstić information content (AvgIpc) is 2.91. The van der Waals surface area contributed by atoms with Gasteiger partial charge in [-0.1, -0.05) is 22.0 Å². The van der Waals surface area contributed by atoms with Crippen LogP contribution in [0, 0.1) is 12.8 Å². The maximum absolute atomic E-state index is 6.15. The summed E-state index contributed by atoms with van der Waals surface area (Å²) in [6.45, 7) is 2.13. The van der Waals surface area contributed by atoms with Crippen molar-refractivity contribution in [1.82, 2.24) is 0 Å². The standard InChI is InChI=1S/C11H14BrN/c1-7-2-5-9(12)6-10(7)11(13)8-3-4-8/h2,5-6,8,11H,3-4,13H2,1H3/t11-/m0/s1. The lowest BCUT2D eigenvalue weighted by atomic mass is 9.99. The first kappa shape index (κ1) is 9.22. The second-order valence-corrected chi connectivity index (χ2v) is 4.78. The Kier molecular flexibility index (Phi) is 2.43. The van der Waals surface area contributed by atoms with Gasteiger partial charge in [0.2, 0.25) is 0 Å². The van der Waals surface area contributed by atoms with Crippen LogP contribution in [-0.4, -0.2) is 0 Å². The molecule has 0 aliphatic heterocycles. The molecule has 0 bridgehead atoms. The number of nitrogens with two attached hydrogens (primary N) is 1. The molecule has 1 saturated carbocycles. The maximum atomic E-state index is 6.15. The van der Waals surface area contributed by atoms with Gasteiger partial charge in [0.05, 0.1) is 0 Å². The molecule has 0 saturated heterocycles. The van der Waals surface area contributed by atoms with Crippen molar-refractivity contribution in [3.05, 3.63) is 33.8 Å². The summed E-state index contributed by atoms with van der Waals surface area (Å²) < 4.78 is 1.13. The normalized spacial score (nSPS) is 18.7. The molecule has 1 nitrogen and oxygen atoms in total. The summed E-state index contributed by atoms with van der Waals surface area (Å²) in [5, 5.41) is 0. The topological polar surface area (TPSA) is 26.0 Å². The number of halogens is 1. The van der Waals surface area contributed by atoms with Gasteiger partial charge < -0.3 is 5.73 Å². The Morgan fingerprint density at radius 1 is 1.46 bits per heavy atom. The fourth-order valence-electron chi connectivity index (χ4n) is 1.68. The van der Waals surface area contributed by atoms with Crippen LogP contribution in [0.1, 0.15) is 30.0 Å². The summed E-state index contributed by atoms with van der Waals surface area (Å²) in [5.74, 6) is 0.730. The maximum Gasteiger partial charge on any atom is 0.0326 e. The summed E-state index contributed by atoms with van der Waals surface area (Å²) in [6, 6.07) is 6.59. The van der Waals surface area contributed by atoms with E-state index in [1.807, 2.05) is 0 Å². The molecule has 1 aromatic rings. The number of benzene rings is 1. The first-order chi connectivity index (χ1) is 6.18. The van der Waals surface area contributed by atoms with E-state index in [1.54, 1.807) is 0 Å². The van der Waals surface area contributed by atoms with E-state index in [-0.39, 0.29) is 6.04 Å². The molecule has 0 radical (unpaired) electrons. The van der Waals surface area contributed by atoms with Crippen LogP contribution in [-0.2, 0) is 0 Å². The molecule has 1 fully saturated rings. The number of rotatable bonds is 2. The molecule has 1 aliphatic carbocycles. The largest absolute Gasteiger partial charge is 0.324 e. The van der Waals surface area contributed by atoms with E-state index < -0.39 is 0 Å². The van der Waals surface area contributed by atoms with E-state index in [1.165, 1.54) is 24.0 Å². The smallest absolute Gasteiger partial charge is 0.0326 e. The number of hydrogen-bond donors (Lipinski definition) is 1. The minimum atomic E-state index is 0.248. The van der Waals surface area contributed by atoms with Crippen molar-refractivity contribution in [3.8, 4) is 0 Å². The molecule has 13 heavy (non-hydrogen) atoms. The van der Waals surface area contributed by atoms with Crippen LogP contribution in [0.3, 0.4) is 0 Å². The third-order valence-corrected chi connectivity index (χ3v) is 3.22. The highest BCUT2D eigenvalue weighted by Crippen LogP contribution is 2.40. The van der Waals surface area contributed by atoms with Gasteiger partial charge in [0.25, 0.3) is 0 Å². The van der Waals surface area contributed by atoms with Crippen LogP contribution in [0.4, 0.5) is 0 Å². The summed E-state index contributed by atoms with van der Waals surface area (Å²) in [5.41, 5.74) is 8.76. The van der Waals surface area contributed by atoms with E-state index in [2.05, 4.69) is 41.1 Å². The van der Waals surface area contributed by atoms with Crippen molar-refractivity contribution in [2.45, 2.75) is 25.8 Å². The Hall–Kier alpha value is -0.340. The van der Waals surface area contributed by atoms with Gasteiger partial charge in [-0.15, -0.1) is 0 Å². The third-order valence-electron chi connectivity index (χ3n) is 2.73. The van der Waals surface area contributed by atoms with Crippen molar-refractivity contribution in [2.75, 3.05) is 0 Å². The van der Waals surface area contributed by atoms with Gasteiger partial charge in [0, 0.05) is 10.5 Å². The average molecular weight is 240 g/mol. The Morgan fingerprint density at radius 2 is 2.15 bits per heavy atom. The zero-order valence-corrected chi connectivity index (χ0v) is 9.34. The zero-order chi connectivity index (χ0) is 9.42. The van der Waals surface area contributed by atoms with E-state index >= 15 is 0 Å². The van der Waals surface area contributed by atoms with Gasteiger partial charge in [-0.25, -0.2) is 0 Å². The first-order valence-corrected chi connectivity index (χ1v) is 5.49. The lowest BCUT2D eigenvalue weighted by Gasteiger charge is -2.13. The molecule has 0 aromatic heterocycles. The molecule has 1 atom stereocenters. The van der Waals surface area contributed by atoms with Gasteiger partial charge in [-0.3, -0.25) is 0 Å². The van der Waals surface area contributed by atoms with E-state index in [9.17, 15) is 0 Å². The highest BCUT2D eigenvalue weighted by molar-refractivity contribution is 9.10. The molecule has 2 rings (SSSR count). The van der Waals surface area contributed by atoms with Crippen LogP contribution in [0.15, 0.2) is 22.7 Å². The van der Waals surface area contributed by atoms with Gasteiger partial charge in [-0.2, -0.15) is 0 Å². The Bertz CT molecular complexity index is 318. The molecule has 0 unspecified atom stereocenters. The number of aryl methyl sites for hydroxylation is 1. The van der Waals surface area contributed by atoms with Gasteiger partial charge in [0.1, 0.15) is 0 Å². The lowest BCUT2D eigenvalue weighted by Crippen LogP contribution is -2.13. The van der Waals surface area contributed by atoms with Crippen LogP contribution >= 0.6 is 15.9 Å². The minimum absolute atomic E-state index is 0.248. The summed E-state index contributed by atoms with van der Waals surface area (Å²) in [7, 11) is 0. The van der Waals surface area contributed by atoms with E-state index in [4.69, 9.17) is 5.73 Å². The van der Waals surface area contributed by atoms with Crippen molar-refractivity contribution in [1.29, 1.82) is 0 Å². The highest BCUT2D eigenvalue weighted by atomic mass is 79.9. The number of hydrogen-bond acceptors (Lipinski definition) is 1. The predicted molar refractivity (Wildman–Crippen MR) is 58.5 cm³/mol. The second kappa shape index (κ2) is 3.43. The van der Waals surface area contributed by atoms with Gasteiger partial charge in [-0.05, 0) is 48.9 Å². The van der Waals surface area contributed by atoms with E-state index in [0.29, 0.717) is 0 Å². The molecule has 1 aromatic carbocycles. The molecule has 1 aliphatic rings. The molecular weight excluding hydrogens is 226 g/mol. The van der Waals surface area contributed by atoms with Crippen LogP contribution in [0.2, 0.25) is 0 Å². The molecule has 2 N–H and O–H groups in total. The molecule has 0 amide bonds. The molecular formula is C11H14BrN. The quantitative estimate of drug-likeness (QED) is 0.844. The SMILES string of the molecule is Cc1ccc(Br)cc1[C@@H](N)C1CC1. The summed E-state index contributed by atoms with van der Waals surface area (Å²) in [6.07, 6.45) is 2.60. The van der Waals surface area contributed by atoms with Crippen LogP contribution < -0.4 is 5.73 Å². The fourth-order valence-corrected chi connectivity index (χ4v) is 2.06. The van der Waals surface area contributed by atoms with Crippen molar-refractivity contribution < 1.29 is 0 Å². The Balaban J connectivity index is 2.31. The Morgan fingerprint density at radius 3 is 2.77 bits per heavy atom. The lowest BCUT2D eigenvalue weighted by molar-refractivity contribution is 0.629. The van der Waals surface area contributed by atoms with Gasteiger partial charge >= 0.3 is 0 Å². The molecule has 2 heteroatoms. The van der Waals surface area contributed by atoms with E-state index in [0.717, 1.165) is 10.4 Å². The summed E-state index contributed by atoms with van der Waals surface area (Å²) in [4.78, 5) is 0. The third kappa shape index (κ3) is 1.94. The molecule has 0 spiro atoms. The molecule has 0 heterocycles. The van der Waals surface area contributed by atoms with Crippen LogP contribution in [0.25, 0.3) is 0 Å². The summed E-state index contributed by atoms with van der Waals surface area (Å²) >= 11 is 3.48. The van der Waals surface area contributed by atoms with Crippen LogP contribution in [0.5, 0.6) is 0 Å². The van der Waals surface area contributed by atoms with Crippen molar-refractivity contribution >= 4 is 15.9 Å². The second-order valence-electron chi connectivity index (χ2n) is 3.86.